The lowest BCUT2D eigenvalue weighted by molar-refractivity contribution is 0.0524. The van der Waals surface area contributed by atoms with Crippen LogP contribution in [0.3, 0.4) is 0 Å². The van der Waals surface area contributed by atoms with Crippen molar-refractivity contribution < 1.29 is 13.9 Å². The molecular formula is C14H14FNO3. The highest BCUT2D eigenvalue weighted by atomic mass is 19.1. The topological polar surface area (TPSA) is 48.3 Å². The molecule has 0 bridgehead atoms. The predicted octanol–water partition coefficient (Wildman–Crippen LogP) is 2.34. The molecule has 1 aromatic carbocycles. The van der Waals surface area contributed by atoms with Crippen LogP contribution in [-0.4, -0.2) is 17.1 Å². The molecule has 0 fully saturated rings. The van der Waals surface area contributed by atoms with E-state index in [1.54, 1.807) is 11.5 Å². The van der Waals surface area contributed by atoms with Gasteiger partial charge in [0.25, 0.3) is 0 Å². The van der Waals surface area contributed by atoms with E-state index in [2.05, 4.69) is 0 Å². The largest absolute Gasteiger partial charge is 0.462 e. The fraction of sp³-hybridized carbons (Fsp3) is 0.286. The Labute approximate surface area is 109 Å². The van der Waals surface area contributed by atoms with Gasteiger partial charge in [-0.25, -0.2) is 9.18 Å². The average molecular weight is 263 g/mol. The first-order chi connectivity index (χ1) is 9.10. The summed E-state index contributed by atoms with van der Waals surface area (Å²) in [4.78, 5) is 23.9. The summed E-state index contributed by atoms with van der Waals surface area (Å²) in [5.41, 5.74) is -0.359. The molecule has 0 amide bonds. The van der Waals surface area contributed by atoms with Crippen LogP contribution in [0.25, 0.3) is 10.9 Å². The third kappa shape index (κ3) is 2.23. The summed E-state index contributed by atoms with van der Waals surface area (Å²) in [6.07, 6.45) is 1.35. The molecule has 0 radical (unpaired) electrons. The van der Waals surface area contributed by atoms with Crippen molar-refractivity contribution in [2.75, 3.05) is 6.61 Å². The Balaban J connectivity index is 2.80. The first-order valence-corrected chi connectivity index (χ1v) is 6.08. The van der Waals surface area contributed by atoms with Gasteiger partial charge in [-0.05, 0) is 26.0 Å². The Morgan fingerprint density at radius 3 is 2.74 bits per heavy atom. The number of ether oxygens (including phenoxy) is 1. The first kappa shape index (κ1) is 13.3. The maximum absolute atomic E-state index is 13.8. The predicted molar refractivity (Wildman–Crippen MR) is 69.8 cm³/mol. The number of para-hydroxylation sites is 1. The molecule has 0 N–H and O–H groups in total. The van der Waals surface area contributed by atoms with Gasteiger partial charge in [0, 0.05) is 18.1 Å². The van der Waals surface area contributed by atoms with Crippen LogP contribution in [0.1, 0.15) is 24.2 Å². The smallest absolute Gasteiger partial charge is 0.343 e. The van der Waals surface area contributed by atoms with Crippen LogP contribution in [-0.2, 0) is 11.3 Å². The monoisotopic (exact) mass is 263 g/mol. The van der Waals surface area contributed by atoms with E-state index < -0.39 is 17.2 Å². The van der Waals surface area contributed by atoms with Crippen molar-refractivity contribution in [1.82, 2.24) is 4.57 Å². The van der Waals surface area contributed by atoms with E-state index in [0.717, 1.165) is 0 Å². The summed E-state index contributed by atoms with van der Waals surface area (Å²) < 4.78 is 20.2. The number of fused-ring (bicyclic) bond motifs is 1. The molecule has 0 aliphatic rings. The standard InChI is InChI=1S/C14H14FNO3/c1-3-16-8-10(14(18)19-4-2)13(17)9-6-5-7-11(15)12(9)16/h5-8H,3-4H2,1-2H3. The van der Waals surface area contributed by atoms with Crippen molar-refractivity contribution in [3.63, 3.8) is 0 Å². The Hall–Kier alpha value is -2.17. The lowest BCUT2D eigenvalue weighted by atomic mass is 10.1. The lowest BCUT2D eigenvalue weighted by Crippen LogP contribution is -2.21. The van der Waals surface area contributed by atoms with E-state index >= 15 is 0 Å². The van der Waals surface area contributed by atoms with Gasteiger partial charge < -0.3 is 9.30 Å². The van der Waals surface area contributed by atoms with Crippen LogP contribution >= 0.6 is 0 Å². The maximum atomic E-state index is 13.8. The lowest BCUT2D eigenvalue weighted by Gasteiger charge is -2.11. The summed E-state index contributed by atoms with van der Waals surface area (Å²) in [5, 5.41) is 0.187. The molecular weight excluding hydrogens is 249 g/mol. The SMILES string of the molecule is CCOC(=O)c1cn(CC)c2c(F)cccc2c1=O. The summed E-state index contributed by atoms with van der Waals surface area (Å²) in [7, 11) is 0. The van der Waals surface area contributed by atoms with Crippen molar-refractivity contribution in [3.8, 4) is 0 Å². The number of pyridine rings is 1. The first-order valence-electron chi connectivity index (χ1n) is 6.08. The van der Waals surface area contributed by atoms with Crippen LogP contribution in [0.2, 0.25) is 0 Å². The van der Waals surface area contributed by atoms with E-state index in [0.29, 0.717) is 6.54 Å². The van der Waals surface area contributed by atoms with Crippen molar-refractivity contribution >= 4 is 16.9 Å². The van der Waals surface area contributed by atoms with Gasteiger partial charge in [-0.3, -0.25) is 4.79 Å². The molecule has 0 atom stereocenters. The number of carbonyl (C=O) groups excluding carboxylic acids is 1. The number of halogens is 1. The number of hydrogen-bond donors (Lipinski definition) is 0. The van der Waals surface area contributed by atoms with Gasteiger partial charge in [0.15, 0.2) is 0 Å². The van der Waals surface area contributed by atoms with Gasteiger partial charge in [0.05, 0.1) is 12.1 Å². The van der Waals surface area contributed by atoms with Crippen LogP contribution in [0, 0.1) is 5.82 Å². The molecule has 1 aromatic heterocycles. The Bertz CT molecular complexity index is 691. The molecule has 19 heavy (non-hydrogen) atoms. The third-order valence-electron chi connectivity index (χ3n) is 2.88. The third-order valence-corrected chi connectivity index (χ3v) is 2.88. The summed E-state index contributed by atoms with van der Waals surface area (Å²) in [6.45, 7) is 4.11. The molecule has 0 saturated heterocycles. The van der Waals surface area contributed by atoms with Crippen LogP contribution in [0.5, 0.6) is 0 Å². The van der Waals surface area contributed by atoms with Gasteiger partial charge in [0.1, 0.15) is 11.4 Å². The van der Waals surface area contributed by atoms with Gasteiger partial charge in [-0.2, -0.15) is 0 Å². The molecule has 5 heteroatoms. The van der Waals surface area contributed by atoms with E-state index in [-0.39, 0.29) is 23.1 Å². The normalized spacial score (nSPS) is 10.7. The number of carbonyl (C=O) groups is 1. The average Bonchev–Trinajstić information content (AvgIpc) is 2.40. The Morgan fingerprint density at radius 2 is 2.11 bits per heavy atom. The van der Waals surface area contributed by atoms with E-state index in [1.165, 1.54) is 24.4 Å². The zero-order valence-electron chi connectivity index (χ0n) is 10.8. The van der Waals surface area contributed by atoms with Gasteiger partial charge in [-0.15, -0.1) is 0 Å². The highest BCUT2D eigenvalue weighted by Gasteiger charge is 2.17. The number of nitrogens with zero attached hydrogens (tertiary/aromatic N) is 1. The Kier molecular flexibility index (Phi) is 3.64. The zero-order valence-corrected chi connectivity index (χ0v) is 10.8. The quantitative estimate of drug-likeness (QED) is 0.798. The molecule has 4 nitrogen and oxygen atoms in total. The minimum Gasteiger partial charge on any atom is -0.462 e. The second kappa shape index (κ2) is 5.22. The number of hydrogen-bond acceptors (Lipinski definition) is 3. The Morgan fingerprint density at radius 1 is 1.37 bits per heavy atom. The molecule has 0 spiro atoms. The molecule has 0 unspecified atom stereocenters. The minimum absolute atomic E-state index is 0.0678. The summed E-state index contributed by atoms with van der Waals surface area (Å²) >= 11 is 0. The van der Waals surface area contributed by atoms with Crippen molar-refractivity contribution in [3.05, 3.63) is 46.0 Å². The summed E-state index contributed by atoms with van der Waals surface area (Å²) in [5.74, 6) is -1.16. The van der Waals surface area contributed by atoms with Crippen LogP contribution in [0.4, 0.5) is 4.39 Å². The second-order valence-corrected chi connectivity index (χ2v) is 4.01. The second-order valence-electron chi connectivity index (χ2n) is 4.01. The molecule has 0 aliphatic carbocycles. The van der Waals surface area contributed by atoms with Gasteiger partial charge >= 0.3 is 5.97 Å². The number of aryl methyl sites for hydroxylation is 1. The number of rotatable bonds is 3. The van der Waals surface area contributed by atoms with Gasteiger partial charge in [0.2, 0.25) is 5.43 Å². The summed E-state index contributed by atoms with van der Waals surface area (Å²) in [6, 6.07) is 4.25. The minimum atomic E-state index is -0.680. The van der Waals surface area contributed by atoms with Gasteiger partial charge in [-0.1, -0.05) is 6.07 Å². The highest BCUT2D eigenvalue weighted by Crippen LogP contribution is 2.16. The van der Waals surface area contributed by atoms with E-state index in [4.69, 9.17) is 4.74 Å². The highest BCUT2D eigenvalue weighted by molar-refractivity contribution is 5.93. The molecule has 0 saturated carbocycles. The molecule has 1 heterocycles. The molecule has 100 valence electrons. The number of benzene rings is 1. The molecule has 2 rings (SSSR count). The van der Waals surface area contributed by atoms with E-state index in [9.17, 15) is 14.0 Å². The number of aromatic nitrogens is 1. The van der Waals surface area contributed by atoms with E-state index in [1.807, 2.05) is 6.92 Å². The fourth-order valence-electron chi connectivity index (χ4n) is 2.02. The van der Waals surface area contributed by atoms with Crippen molar-refractivity contribution in [2.24, 2.45) is 0 Å². The molecule has 0 aliphatic heterocycles. The van der Waals surface area contributed by atoms with Crippen molar-refractivity contribution in [2.45, 2.75) is 20.4 Å². The maximum Gasteiger partial charge on any atom is 0.343 e. The van der Waals surface area contributed by atoms with Crippen LogP contribution in [0.15, 0.2) is 29.2 Å². The zero-order chi connectivity index (χ0) is 14.0. The number of esters is 1. The van der Waals surface area contributed by atoms with Crippen LogP contribution < -0.4 is 5.43 Å². The van der Waals surface area contributed by atoms with Crippen molar-refractivity contribution in [1.29, 1.82) is 0 Å². The molecule has 2 aromatic rings. The fourth-order valence-corrected chi connectivity index (χ4v) is 2.02.